The molecule has 0 atom stereocenters. The Balaban J connectivity index is 2.10. The molecule has 3 aromatic rings. The predicted octanol–water partition coefficient (Wildman–Crippen LogP) is 3.77. The lowest BCUT2D eigenvalue weighted by Crippen LogP contribution is -2.05. The minimum atomic E-state index is 0.175. The molecule has 2 aromatic heterocycles. The number of thiophene rings is 1. The van der Waals surface area contributed by atoms with Gasteiger partial charge in [-0.05, 0) is 31.4 Å². The molecule has 4 nitrogen and oxygen atoms in total. The highest BCUT2D eigenvalue weighted by Crippen LogP contribution is 2.37. The van der Waals surface area contributed by atoms with Gasteiger partial charge < -0.3 is 10.4 Å². The maximum absolute atomic E-state index is 8.94. The van der Waals surface area contributed by atoms with E-state index in [0.717, 1.165) is 16.0 Å². The van der Waals surface area contributed by atoms with Gasteiger partial charge in [0.25, 0.3) is 0 Å². The first-order valence-corrected chi connectivity index (χ1v) is 8.23. The molecule has 5 heteroatoms. The van der Waals surface area contributed by atoms with E-state index >= 15 is 0 Å². The molecular formula is C17H19N3OS. The summed E-state index contributed by atoms with van der Waals surface area (Å²) in [4.78, 5) is 9.75. The number of fused-ring (bicyclic) bond motifs is 1. The van der Waals surface area contributed by atoms with Gasteiger partial charge >= 0.3 is 0 Å². The molecule has 0 amide bonds. The van der Waals surface area contributed by atoms with Crippen LogP contribution < -0.4 is 5.32 Å². The smallest absolute Gasteiger partial charge is 0.138 e. The van der Waals surface area contributed by atoms with E-state index in [0.29, 0.717) is 13.0 Å². The molecule has 0 aliphatic heterocycles. The van der Waals surface area contributed by atoms with Gasteiger partial charge in [0.15, 0.2) is 0 Å². The summed E-state index contributed by atoms with van der Waals surface area (Å²) in [6.07, 6.45) is 2.29. The van der Waals surface area contributed by atoms with Gasteiger partial charge in [0.05, 0.1) is 5.39 Å². The van der Waals surface area contributed by atoms with Crippen LogP contribution in [0, 0.1) is 13.8 Å². The lowest BCUT2D eigenvalue weighted by molar-refractivity contribution is 0.292. The lowest BCUT2D eigenvalue weighted by Gasteiger charge is -2.09. The Hall–Kier alpha value is -1.98. The van der Waals surface area contributed by atoms with Crippen molar-refractivity contribution in [3.05, 3.63) is 41.0 Å². The molecule has 0 fully saturated rings. The van der Waals surface area contributed by atoms with Gasteiger partial charge in [0.2, 0.25) is 0 Å². The van der Waals surface area contributed by atoms with Crippen molar-refractivity contribution in [2.24, 2.45) is 0 Å². The minimum Gasteiger partial charge on any atom is -0.396 e. The van der Waals surface area contributed by atoms with E-state index in [1.165, 1.54) is 22.3 Å². The van der Waals surface area contributed by atoms with Crippen LogP contribution in [0.5, 0.6) is 0 Å². The number of hydrogen-bond acceptors (Lipinski definition) is 5. The van der Waals surface area contributed by atoms with Crippen LogP contribution in [0.4, 0.5) is 5.82 Å². The number of rotatable bonds is 5. The van der Waals surface area contributed by atoms with E-state index in [2.05, 4.69) is 52.7 Å². The number of benzene rings is 1. The fourth-order valence-electron chi connectivity index (χ4n) is 2.61. The summed E-state index contributed by atoms with van der Waals surface area (Å²) in [6, 6.07) is 6.49. The Bertz CT molecular complexity index is 798. The summed E-state index contributed by atoms with van der Waals surface area (Å²) >= 11 is 1.63. The van der Waals surface area contributed by atoms with Gasteiger partial charge in [-0.15, -0.1) is 11.3 Å². The van der Waals surface area contributed by atoms with Crippen molar-refractivity contribution in [2.45, 2.75) is 20.3 Å². The molecule has 114 valence electrons. The first-order chi connectivity index (χ1) is 10.7. The number of aryl methyl sites for hydroxylation is 2. The van der Waals surface area contributed by atoms with Gasteiger partial charge in [-0.25, -0.2) is 9.97 Å². The Morgan fingerprint density at radius 3 is 2.82 bits per heavy atom. The summed E-state index contributed by atoms with van der Waals surface area (Å²) in [7, 11) is 0. The predicted molar refractivity (Wildman–Crippen MR) is 92.5 cm³/mol. The van der Waals surface area contributed by atoms with Crippen LogP contribution in [0.25, 0.3) is 21.3 Å². The largest absolute Gasteiger partial charge is 0.396 e. The maximum atomic E-state index is 8.94. The molecule has 0 saturated heterocycles. The molecule has 0 unspecified atom stereocenters. The van der Waals surface area contributed by atoms with Gasteiger partial charge in [0.1, 0.15) is 17.0 Å². The Morgan fingerprint density at radius 2 is 2.05 bits per heavy atom. The number of nitrogens with one attached hydrogen (secondary N) is 1. The number of hydrogen-bond donors (Lipinski definition) is 2. The molecule has 0 aliphatic carbocycles. The second-order valence-corrected chi connectivity index (χ2v) is 6.23. The summed E-state index contributed by atoms with van der Waals surface area (Å²) in [6.45, 7) is 5.11. The first kappa shape index (κ1) is 14.9. The monoisotopic (exact) mass is 313 g/mol. The van der Waals surface area contributed by atoms with Crippen LogP contribution in [-0.2, 0) is 0 Å². The summed E-state index contributed by atoms with van der Waals surface area (Å²) in [5, 5.41) is 15.5. The maximum Gasteiger partial charge on any atom is 0.138 e. The van der Waals surface area contributed by atoms with Crippen molar-refractivity contribution in [1.29, 1.82) is 0 Å². The lowest BCUT2D eigenvalue weighted by atomic mass is 9.99. The van der Waals surface area contributed by atoms with Crippen molar-refractivity contribution in [1.82, 2.24) is 9.97 Å². The number of aliphatic hydroxyl groups excluding tert-OH is 1. The van der Waals surface area contributed by atoms with Crippen molar-refractivity contribution in [2.75, 3.05) is 18.5 Å². The van der Waals surface area contributed by atoms with E-state index in [1.54, 1.807) is 17.7 Å². The fraction of sp³-hybridized carbons (Fsp3) is 0.294. The van der Waals surface area contributed by atoms with Crippen molar-refractivity contribution < 1.29 is 5.11 Å². The molecule has 2 N–H and O–H groups in total. The molecule has 0 bridgehead atoms. The van der Waals surface area contributed by atoms with Crippen LogP contribution in [0.3, 0.4) is 0 Å². The van der Waals surface area contributed by atoms with Gasteiger partial charge in [-0.3, -0.25) is 0 Å². The third-order valence-corrected chi connectivity index (χ3v) is 4.56. The third kappa shape index (κ3) is 2.82. The second-order valence-electron chi connectivity index (χ2n) is 5.37. The van der Waals surface area contributed by atoms with Crippen LogP contribution in [-0.4, -0.2) is 28.2 Å². The van der Waals surface area contributed by atoms with Gasteiger partial charge in [-0.2, -0.15) is 0 Å². The standard InChI is InChI=1S/C17H19N3OS/c1-11-4-5-13(12(2)8-11)14-9-22-17-15(14)16(19-10-20-17)18-6-3-7-21/h4-5,8-10,21H,3,6-7H2,1-2H3,(H,18,19,20). The molecule has 0 spiro atoms. The molecule has 22 heavy (non-hydrogen) atoms. The van der Waals surface area contributed by atoms with Gasteiger partial charge in [-0.1, -0.05) is 23.8 Å². The number of aromatic nitrogens is 2. The average molecular weight is 313 g/mol. The number of anilines is 1. The SMILES string of the molecule is Cc1ccc(-c2csc3ncnc(NCCCO)c23)c(C)c1. The molecule has 3 rings (SSSR count). The van der Waals surface area contributed by atoms with E-state index < -0.39 is 0 Å². The van der Waals surface area contributed by atoms with Gasteiger partial charge in [0, 0.05) is 24.1 Å². The minimum absolute atomic E-state index is 0.175. The summed E-state index contributed by atoms with van der Waals surface area (Å²) < 4.78 is 0. The molecule has 2 heterocycles. The van der Waals surface area contributed by atoms with Crippen LogP contribution in [0.2, 0.25) is 0 Å². The molecule has 0 aliphatic rings. The second kappa shape index (κ2) is 6.42. The zero-order valence-corrected chi connectivity index (χ0v) is 13.6. The van der Waals surface area contributed by atoms with Crippen molar-refractivity contribution in [3.8, 4) is 11.1 Å². The number of aliphatic hydroxyl groups is 1. The average Bonchev–Trinajstić information content (AvgIpc) is 2.92. The molecule has 1 aromatic carbocycles. The highest BCUT2D eigenvalue weighted by atomic mass is 32.1. The van der Waals surface area contributed by atoms with Crippen LogP contribution >= 0.6 is 11.3 Å². The summed E-state index contributed by atoms with van der Waals surface area (Å²) in [5.41, 5.74) is 4.91. The van der Waals surface area contributed by atoms with E-state index in [9.17, 15) is 0 Å². The highest BCUT2D eigenvalue weighted by molar-refractivity contribution is 7.17. The quantitative estimate of drug-likeness (QED) is 0.704. The van der Waals surface area contributed by atoms with Crippen LogP contribution in [0.15, 0.2) is 29.9 Å². The zero-order chi connectivity index (χ0) is 15.5. The molecular weight excluding hydrogens is 294 g/mol. The first-order valence-electron chi connectivity index (χ1n) is 7.35. The summed E-state index contributed by atoms with van der Waals surface area (Å²) in [5.74, 6) is 0.842. The van der Waals surface area contributed by atoms with E-state index in [1.807, 2.05) is 0 Å². The Kier molecular flexibility index (Phi) is 4.36. The normalized spacial score (nSPS) is 11.0. The fourth-order valence-corrected chi connectivity index (χ4v) is 3.52. The Morgan fingerprint density at radius 1 is 1.18 bits per heavy atom. The van der Waals surface area contributed by atoms with E-state index in [4.69, 9.17) is 5.11 Å². The topological polar surface area (TPSA) is 58.0 Å². The molecule has 0 radical (unpaired) electrons. The third-order valence-electron chi connectivity index (χ3n) is 3.67. The van der Waals surface area contributed by atoms with Crippen molar-refractivity contribution in [3.63, 3.8) is 0 Å². The highest BCUT2D eigenvalue weighted by Gasteiger charge is 2.14. The molecule has 0 saturated carbocycles. The number of nitrogens with zero attached hydrogens (tertiary/aromatic N) is 2. The van der Waals surface area contributed by atoms with Crippen LogP contribution in [0.1, 0.15) is 17.5 Å². The van der Waals surface area contributed by atoms with E-state index in [-0.39, 0.29) is 6.61 Å². The Labute approximate surface area is 133 Å². The van der Waals surface area contributed by atoms with Crippen molar-refractivity contribution >= 4 is 27.4 Å². The zero-order valence-electron chi connectivity index (χ0n) is 12.8.